The van der Waals surface area contributed by atoms with Gasteiger partial charge in [-0.3, -0.25) is 0 Å². The Bertz CT molecular complexity index is 264. The normalized spacial score (nSPS) is 23.2. The number of nitrogens with two attached hydrogens (primary N) is 1. The van der Waals surface area contributed by atoms with E-state index in [0.717, 1.165) is 12.4 Å². The molecule has 0 radical (unpaired) electrons. The average Bonchev–Trinajstić information content (AvgIpc) is 2.34. The molecule has 11 heavy (non-hydrogen) atoms. The Labute approximate surface area is 66.2 Å². The summed E-state index contributed by atoms with van der Waals surface area (Å²) in [6.07, 6.45) is 4.35. The van der Waals surface area contributed by atoms with E-state index in [1.165, 1.54) is 18.5 Å². The van der Waals surface area contributed by atoms with Crippen LogP contribution >= 0.6 is 0 Å². The fourth-order valence-electron chi connectivity index (χ4n) is 1.83. The van der Waals surface area contributed by atoms with Crippen LogP contribution in [0.4, 0.5) is 5.82 Å². The highest BCUT2D eigenvalue weighted by Gasteiger charge is 2.19. The Hall–Kier alpha value is -0.990. The minimum atomic E-state index is 0.589. The molecule has 1 aliphatic heterocycles. The van der Waals surface area contributed by atoms with E-state index < -0.39 is 0 Å². The van der Waals surface area contributed by atoms with Crippen LogP contribution in [0.2, 0.25) is 0 Å². The van der Waals surface area contributed by atoms with Crippen molar-refractivity contribution in [3.63, 3.8) is 0 Å². The van der Waals surface area contributed by atoms with Gasteiger partial charge >= 0.3 is 0 Å². The Morgan fingerprint density at radius 1 is 1.73 bits per heavy atom. The first-order valence-electron chi connectivity index (χ1n) is 4.09. The summed E-state index contributed by atoms with van der Waals surface area (Å²) < 4.78 is 2.17. The van der Waals surface area contributed by atoms with Gasteiger partial charge < -0.3 is 10.3 Å². The molecule has 0 saturated carbocycles. The third-order valence-electron chi connectivity index (χ3n) is 2.41. The maximum absolute atomic E-state index is 5.72. The van der Waals surface area contributed by atoms with Gasteiger partial charge in [0, 0.05) is 12.5 Å². The van der Waals surface area contributed by atoms with Crippen LogP contribution in [0.25, 0.3) is 0 Å². The molecule has 0 bridgehead atoms. The van der Waals surface area contributed by atoms with Gasteiger partial charge in [0.25, 0.3) is 0 Å². The highest BCUT2D eigenvalue weighted by molar-refractivity contribution is 5.38. The van der Waals surface area contributed by atoms with Crippen LogP contribution in [0.3, 0.4) is 0 Å². The summed E-state index contributed by atoms with van der Waals surface area (Å²) in [7, 11) is 0. The monoisotopic (exact) mass is 151 g/mol. The molecule has 2 rings (SSSR count). The van der Waals surface area contributed by atoms with Crippen LogP contribution < -0.4 is 5.73 Å². The van der Waals surface area contributed by atoms with Gasteiger partial charge in [0.2, 0.25) is 0 Å². The van der Waals surface area contributed by atoms with Crippen LogP contribution in [-0.2, 0) is 6.54 Å². The van der Waals surface area contributed by atoms with E-state index in [2.05, 4.69) is 16.5 Å². The second-order valence-electron chi connectivity index (χ2n) is 3.25. The number of imidazole rings is 1. The van der Waals surface area contributed by atoms with Crippen molar-refractivity contribution < 1.29 is 0 Å². The van der Waals surface area contributed by atoms with Crippen molar-refractivity contribution in [1.29, 1.82) is 0 Å². The molecule has 1 aromatic rings. The quantitative estimate of drug-likeness (QED) is 0.608. The smallest absolute Gasteiger partial charge is 0.145 e. The van der Waals surface area contributed by atoms with Crippen molar-refractivity contribution in [3.8, 4) is 0 Å². The molecule has 2 N–H and O–H groups in total. The molecule has 0 aromatic carbocycles. The van der Waals surface area contributed by atoms with Crippen molar-refractivity contribution >= 4 is 5.82 Å². The van der Waals surface area contributed by atoms with Gasteiger partial charge in [0.15, 0.2) is 0 Å². The largest absolute Gasteiger partial charge is 0.382 e. The summed E-state index contributed by atoms with van der Waals surface area (Å²) in [6.45, 7) is 3.30. The lowest BCUT2D eigenvalue weighted by molar-refractivity contribution is 0.476. The van der Waals surface area contributed by atoms with Crippen LogP contribution in [0.15, 0.2) is 6.33 Å². The number of hydrogen-bond donors (Lipinski definition) is 1. The molecule has 1 aliphatic rings. The van der Waals surface area contributed by atoms with Crippen molar-refractivity contribution in [2.24, 2.45) is 0 Å². The molecule has 0 spiro atoms. The van der Waals surface area contributed by atoms with Crippen molar-refractivity contribution in [2.45, 2.75) is 32.2 Å². The number of rotatable bonds is 0. The molecule has 0 amide bonds. The summed E-state index contributed by atoms with van der Waals surface area (Å²) in [6, 6.07) is 0. The highest BCUT2D eigenvalue weighted by atomic mass is 15.1. The SMILES string of the molecule is CC1CCCn2cnc(N)c21. The zero-order valence-corrected chi connectivity index (χ0v) is 6.75. The molecule has 0 saturated heterocycles. The minimum Gasteiger partial charge on any atom is -0.382 e. The molecule has 0 aliphatic carbocycles. The van der Waals surface area contributed by atoms with Crippen LogP contribution in [0.1, 0.15) is 31.4 Å². The molecule has 0 fully saturated rings. The third-order valence-corrected chi connectivity index (χ3v) is 2.41. The lowest BCUT2D eigenvalue weighted by Crippen LogP contribution is -2.13. The lowest BCUT2D eigenvalue weighted by atomic mass is 9.98. The van der Waals surface area contributed by atoms with Crippen LogP contribution in [0, 0.1) is 0 Å². The molecule has 1 aromatic heterocycles. The van der Waals surface area contributed by atoms with Gasteiger partial charge in [-0.25, -0.2) is 4.98 Å². The van der Waals surface area contributed by atoms with E-state index in [9.17, 15) is 0 Å². The third kappa shape index (κ3) is 0.914. The topological polar surface area (TPSA) is 43.8 Å². The van der Waals surface area contributed by atoms with Crippen LogP contribution in [-0.4, -0.2) is 9.55 Å². The Morgan fingerprint density at radius 2 is 2.55 bits per heavy atom. The van der Waals surface area contributed by atoms with E-state index in [4.69, 9.17) is 5.73 Å². The molecule has 3 nitrogen and oxygen atoms in total. The number of aromatic nitrogens is 2. The zero-order valence-electron chi connectivity index (χ0n) is 6.75. The predicted octanol–water partition coefficient (Wildman–Crippen LogP) is 1.36. The molecule has 1 atom stereocenters. The van der Waals surface area contributed by atoms with E-state index in [1.54, 1.807) is 0 Å². The number of hydrogen-bond acceptors (Lipinski definition) is 2. The van der Waals surface area contributed by atoms with Gasteiger partial charge in [-0.15, -0.1) is 0 Å². The fraction of sp³-hybridized carbons (Fsp3) is 0.625. The minimum absolute atomic E-state index is 0.589. The maximum atomic E-state index is 5.72. The van der Waals surface area contributed by atoms with Gasteiger partial charge in [-0.1, -0.05) is 6.92 Å². The van der Waals surface area contributed by atoms with Crippen molar-refractivity contribution in [2.75, 3.05) is 5.73 Å². The number of aryl methyl sites for hydroxylation is 1. The Balaban J connectivity index is 2.48. The number of nitrogen functional groups attached to an aromatic ring is 1. The fourth-order valence-corrected chi connectivity index (χ4v) is 1.83. The Morgan fingerprint density at radius 3 is 3.27 bits per heavy atom. The lowest BCUT2D eigenvalue weighted by Gasteiger charge is -2.20. The zero-order chi connectivity index (χ0) is 7.84. The van der Waals surface area contributed by atoms with Gasteiger partial charge in [-0.05, 0) is 12.8 Å². The summed E-state index contributed by atoms with van der Waals surface area (Å²) in [5.41, 5.74) is 6.95. The molecular formula is C8H13N3. The van der Waals surface area contributed by atoms with Gasteiger partial charge in [-0.2, -0.15) is 0 Å². The Kier molecular flexibility index (Phi) is 1.37. The standard InChI is InChI=1S/C8H13N3/c1-6-3-2-4-11-5-10-8(9)7(6)11/h5-6H,2-4,9H2,1H3. The summed E-state index contributed by atoms with van der Waals surface area (Å²) in [5, 5.41) is 0. The summed E-state index contributed by atoms with van der Waals surface area (Å²) >= 11 is 0. The first-order valence-corrected chi connectivity index (χ1v) is 4.09. The summed E-state index contributed by atoms with van der Waals surface area (Å²) in [5.74, 6) is 1.31. The van der Waals surface area contributed by atoms with Crippen molar-refractivity contribution in [1.82, 2.24) is 9.55 Å². The number of anilines is 1. The van der Waals surface area contributed by atoms with E-state index in [0.29, 0.717) is 5.92 Å². The van der Waals surface area contributed by atoms with E-state index >= 15 is 0 Å². The summed E-state index contributed by atoms with van der Waals surface area (Å²) in [4.78, 5) is 4.09. The van der Waals surface area contributed by atoms with Gasteiger partial charge in [0.05, 0.1) is 12.0 Å². The number of fused-ring (bicyclic) bond motifs is 1. The average molecular weight is 151 g/mol. The predicted molar refractivity (Wildman–Crippen MR) is 44.3 cm³/mol. The van der Waals surface area contributed by atoms with Crippen molar-refractivity contribution in [3.05, 3.63) is 12.0 Å². The highest BCUT2D eigenvalue weighted by Crippen LogP contribution is 2.29. The first-order chi connectivity index (χ1) is 5.29. The molecule has 60 valence electrons. The second-order valence-corrected chi connectivity index (χ2v) is 3.25. The molecular weight excluding hydrogens is 138 g/mol. The first kappa shape index (κ1) is 6.70. The van der Waals surface area contributed by atoms with E-state index in [1.807, 2.05) is 6.33 Å². The number of nitrogens with zero attached hydrogens (tertiary/aromatic N) is 2. The molecule has 3 heteroatoms. The second kappa shape index (κ2) is 2.26. The van der Waals surface area contributed by atoms with E-state index in [-0.39, 0.29) is 0 Å². The maximum Gasteiger partial charge on any atom is 0.145 e. The molecule has 1 unspecified atom stereocenters. The van der Waals surface area contributed by atoms with Gasteiger partial charge in [0.1, 0.15) is 5.82 Å². The van der Waals surface area contributed by atoms with Crippen LogP contribution in [0.5, 0.6) is 0 Å². The molecule has 2 heterocycles.